The molecule has 3 aliphatic rings. The van der Waals surface area contributed by atoms with E-state index in [4.69, 9.17) is 0 Å². The van der Waals surface area contributed by atoms with Crippen LogP contribution >= 0.6 is 11.3 Å². The molecule has 1 aromatic heterocycles. The van der Waals surface area contributed by atoms with Gasteiger partial charge in [0.1, 0.15) is 5.69 Å². The fourth-order valence-electron chi connectivity index (χ4n) is 4.08. The highest BCUT2D eigenvalue weighted by Gasteiger charge is 2.34. The number of rotatable bonds is 5. The normalized spacial score (nSPS) is 27.3. The summed E-state index contributed by atoms with van der Waals surface area (Å²) in [5.74, 6) is 1.70. The number of hydrogen-bond acceptors (Lipinski definition) is 4. The van der Waals surface area contributed by atoms with Crippen LogP contribution in [-0.4, -0.2) is 41.3 Å². The van der Waals surface area contributed by atoms with Gasteiger partial charge in [-0.25, -0.2) is 4.98 Å². The highest BCUT2D eigenvalue weighted by molar-refractivity contribution is 7.10. The Morgan fingerprint density at radius 3 is 2.92 bits per heavy atom. The van der Waals surface area contributed by atoms with Gasteiger partial charge in [-0.1, -0.05) is 12.5 Å². The average Bonchev–Trinajstić information content (AvgIpc) is 3.02. The first-order valence-corrected chi connectivity index (χ1v) is 10.7. The minimum absolute atomic E-state index is 0.0226. The van der Waals surface area contributed by atoms with Crippen LogP contribution in [-0.2, 0) is 4.79 Å². The molecule has 1 aromatic rings. The topological polar surface area (TPSA) is 62.3 Å². The van der Waals surface area contributed by atoms with E-state index in [2.05, 4.69) is 17.2 Å². The van der Waals surface area contributed by atoms with E-state index in [1.54, 1.807) is 22.9 Å². The molecule has 2 heterocycles. The minimum Gasteiger partial charge on any atom is -0.352 e. The number of carbonyl (C=O) groups excluding carboxylic acids is 2. The van der Waals surface area contributed by atoms with E-state index in [1.165, 1.54) is 29.7 Å². The molecule has 2 atom stereocenters. The molecule has 2 amide bonds. The Balaban J connectivity index is 1.26. The van der Waals surface area contributed by atoms with E-state index in [9.17, 15) is 9.59 Å². The van der Waals surface area contributed by atoms with Crippen molar-refractivity contribution in [2.24, 2.45) is 11.8 Å². The van der Waals surface area contributed by atoms with Crippen molar-refractivity contribution in [2.45, 2.75) is 51.4 Å². The van der Waals surface area contributed by atoms with E-state index in [0.29, 0.717) is 36.5 Å². The maximum Gasteiger partial charge on any atom is 0.273 e. The lowest BCUT2D eigenvalue weighted by Gasteiger charge is -2.16. The molecule has 140 valence electrons. The van der Waals surface area contributed by atoms with Gasteiger partial charge in [0.2, 0.25) is 5.91 Å². The standard InChI is InChI=1S/C20H27N3O2S/c1-13-2-3-14(8-13)9-17(24)21-10-15-6-7-23(11-15)20(25)18-19(16-4-5-16)26-12-22-18/h9,12-13,15-16H,2-8,10-11H2,1H3,(H,21,24)/b14-9+. The maximum absolute atomic E-state index is 12.8. The number of amides is 2. The second-order valence-corrected chi connectivity index (χ2v) is 9.03. The van der Waals surface area contributed by atoms with E-state index < -0.39 is 0 Å². The smallest absolute Gasteiger partial charge is 0.273 e. The van der Waals surface area contributed by atoms with Crippen LogP contribution in [0.3, 0.4) is 0 Å². The molecule has 0 aromatic carbocycles. The van der Waals surface area contributed by atoms with Crippen LogP contribution in [0.4, 0.5) is 0 Å². The number of hydrogen-bond donors (Lipinski definition) is 1. The molecule has 5 nitrogen and oxygen atoms in total. The summed E-state index contributed by atoms with van der Waals surface area (Å²) >= 11 is 1.62. The first-order valence-electron chi connectivity index (χ1n) is 9.80. The molecule has 1 saturated heterocycles. The minimum atomic E-state index is 0.0226. The molecule has 2 aliphatic carbocycles. The first-order chi connectivity index (χ1) is 12.6. The largest absolute Gasteiger partial charge is 0.352 e. The summed E-state index contributed by atoms with van der Waals surface area (Å²) in [7, 11) is 0. The van der Waals surface area contributed by atoms with Crippen molar-refractivity contribution in [3.8, 4) is 0 Å². The van der Waals surface area contributed by atoms with Crippen molar-refractivity contribution in [1.82, 2.24) is 15.2 Å². The number of likely N-dealkylation sites (tertiary alicyclic amines) is 1. The van der Waals surface area contributed by atoms with Crippen molar-refractivity contribution in [2.75, 3.05) is 19.6 Å². The Morgan fingerprint density at radius 1 is 1.35 bits per heavy atom. The van der Waals surface area contributed by atoms with Gasteiger partial charge in [0.25, 0.3) is 5.91 Å². The molecule has 26 heavy (non-hydrogen) atoms. The van der Waals surface area contributed by atoms with E-state index in [0.717, 1.165) is 25.8 Å². The lowest BCUT2D eigenvalue weighted by atomic mass is 10.1. The summed E-state index contributed by atoms with van der Waals surface area (Å²) in [6.07, 6.45) is 8.41. The number of nitrogens with zero attached hydrogens (tertiary/aromatic N) is 2. The van der Waals surface area contributed by atoms with E-state index in [1.807, 2.05) is 4.90 Å². The lowest BCUT2D eigenvalue weighted by molar-refractivity contribution is -0.116. The van der Waals surface area contributed by atoms with Gasteiger partial charge in [0.05, 0.1) is 5.51 Å². The molecule has 2 saturated carbocycles. The predicted octanol–water partition coefficient (Wildman–Crippen LogP) is 3.35. The monoisotopic (exact) mass is 373 g/mol. The van der Waals surface area contributed by atoms with Crippen LogP contribution in [0, 0.1) is 11.8 Å². The van der Waals surface area contributed by atoms with Gasteiger partial charge < -0.3 is 10.2 Å². The fourth-order valence-corrected chi connectivity index (χ4v) is 5.03. The third-order valence-corrected chi connectivity index (χ3v) is 6.78. The maximum atomic E-state index is 12.8. The molecular formula is C20H27N3O2S. The molecule has 6 heteroatoms. The molecule has 4 rings (SSSR count). The van der Waals surface area contributed by atoms with Gasteiger partial charge in [0.15, 0.2) is 0 Å². The molecule has 3 fully saturated rings. The van der Waals surface area contributed by atoms with Gasteiger partial charge in [-0.2, -0.15) is 0 Å². The summed E-state index contributed by atoms with van der Waals surface area (Å²) in [5, 5.41) is 3.03. The van der Waals surface area contributed by atoms with Gasteiger partial charge in [-0.15, -0.1) is 11.3 Å². The SMILES string of the molecule is CC1CC/C(=C\C(=O)NCC2CCN(C(=O)c3ncsc3C3CC3)C2)C1. The van der Waals surface area contributed by atoms with Crippen LogP contribution in [0.15, 0.2) is 17.2 Å². The Morgan fingerprint density at radius 2 is 2.19 bits per heavy atom. The van der Waals surface area contributed by atoms with Crippen LogP contribution in [0.2, 0.25) is 0 Å². The van der Waals surface area contributed by atoms with E-state index >= 15 is 0 Å². The molecule has 0 bridgehead atoms. The summed E-state index contributed by atoms with van der Waals surface area (Å²) in [6, 6.07) is 0. The zero-order valence-electron chi connectivity index (χ0n) is 15.4. The number of thiazole rings is 1. The van der Waals surface area contributed by atoms with Crippen molar-refractivity contribution >= 4 is 23.2 Å². The molecular weight excluding hydrogens is 346 g/mol. The quantitative estimate of drug-likeness (QED) is 0.805. The van der Waals surface area contributed by atoms with Gasteiger partial charge >= 0.3 is 0 Å². The lowest BCUT2D eigenvalue weighted by Crippen LogP contribution is -2.33. The zero-order valence-corrected chi connectivity index (χ0v) is 16.2. The highest BCUT2D eigenvalue weighted by atomic mass is 32.1. The third-order valence-electron chi connectivity index (χ3n) is 5.79. The Hall–Kier alpha value is -1.69. The zero-order chi connectivity index (χ0) is 18.1. The summed E-state index contributed by atoms with van der Waals surface area (Å²) in [4.78, 5) is 32.3. The predicted molar refractivity (Wildman–Crippen MR) is 102 cm³/mol. The van der Waals surface area contributed by atoms with E-state index in [-0.39, 0.29) is 11.8 Å². The molecule has 2 unspecified atom stereocenters. The van der Waals surface area contributed by atoms with Crippen molar-refractivity contribution in [1.29, 1.82) is 0 Å². The average molecular weight is 374 g/mol. The highest BCUT2D eigenvalue weighted by Crippen LogP contribution is 2.43. The molecule has 0 radical (unpaired) electrons. The van der Waals surface area contributed by atoms with Gasteiger partial charge in [-0.05, 0) is 56.3 Å². The van der Waals surface area contributed by atoms with Crippen LogP contribution < -0.4 is 5.32 Å². The summed E-state index contributed by atoms with van der Waals surface area (Å²) in [6.45, 7) is 4.36. The third kappa shape index (κ3) is 4.00. The second-order valence-electron chi connectivity index (χ2n) is 8.14. The number of carbonyl (C=O) groups is 2. The molecule has 1 aliphatic heterocycles. The first kappa shape index (κ1) is 17.7. The molecule has 1 N–H and O–H groups in total. The van der Waals surface area contributed by atoms with Gasteiger partial charge in [-0.3, -0.25) is 9.59 Å². The Labute approximate surface area is 158 Å². The summed E-state index contributed by atoms with van der Waals surface area (Å²) < 4.78 is 0. The van der Waals surface area contributed by atoms with Crippen molar-refractivity contribution in [3.05, 3.63) is 27.7 Å². The van der Waals surface area contributed by atoms with Crippen LogP contribution in [0.25, 0.3) is 0 Å². The number of aromatic nitrogens is 1. The summed E-state index contributed by atoms with van der Waals surface area (Å²) in [5.41, 5.74) is 3.74. The van der Waals surface area contributed by atoms with Crippen molar-refractivity contribution < 1.29 is 9.59 Å². The van der Waals surface area contributed by atoms with Crippen molar-refractivity contribution in [3.63, 3.8) is 0 Å². The number of allylic oxidation sites excluding steroid dienone is 1. The molecule has 0 spiro atoms. The van der Waals surface area contributed by atoms with Crippen LogP contribution in [0.5, 0.6) is 0 Å². The fraction of sp³-hybridized carbons (Fsp3) is 0.650. The number of nitrogens with one attached hydrogen (secondary N) is 1. The second kappa shape index (κ2) is 7.51. The van der Waals surface area contributed by atoms with Gasteiger partial charge in [0, 0.05) is 30.6 Å². The Kier molecular flexibility index (Phi) is 5.11. The van der Waals surface area contributed by atoms with Crippen LogP contribution in [0.1, 0.15) is 66.7 Å². The Bertz CT molecular complexity index is 722.